The van der Waals surface area contributed by atoms with Crippen molar-refractivity contribution in [1.82, 2.24) is 15.1 Å². The van der Waals surface area contributed by atoms with Crippen molar-refractivity contribution in [2.75, 3.05) is 26.7 Å². The molecule has 2 saturated heterocycles. The van der Waals surface area contributed by atoms with E-state index in [-0.39, 0.29) is 30.3 Å². The van der Waals surface area contributed by atoms with Gasteiger partial charge in [-0.05, 0) is 44.7 Å². The van der Waals surface area contributed by atoms with Crippen molar-refractivity contribution in [2.45, 2.75) is 82.7 Å². The molecule has 0 radical (unpaired) electrons. The maximum atomic E-state index is 13.4. The molecular formula is C20H36ClN3O2. The van der Waals surface area contributed by atoms with Crippen molar-refractivity contribution in [3.63, 3.8) is 0 Å². The highest BCUT2D eigenvalue weighted by molar-refractivity contribution is 5.99. The average Bonchev–Trinajstić information content (AvgIpc) is 2.65. The number of piperazine rings is 1. The molecular weight excluding hydrogens is 350 g/mol. The molecule has 26 heavy (non-hydrogen) atoms. The molecule has 1 spiro atoms. The zero-order chi connectivity index (χ0) is 17.9. The van der Waals surface area contributed by atoms with Crippen molar-refractivity contribution >= 4 is 24.2 Å². The predicted molar refractivity (Wildman–Crippen MR) is 106 cm³/mol. The highest BCUT2D eigenvalue weighted by Gasteiger charge is 2.55. The lowest BCUT2D eigenvalue weighted by molar-refractivity contribution is -0.172. The molecule has 0 bridgehead atoms. The van der Waals surface area contributed by atoms with Crippen molar-refractivity contribution < 1.29 is 9.59 Å². The fourth-order valence-electron chi connectivity index (χ4n) is 5.10. The Bertz CT molecular complexity index is 487. The van der Waals surface area contributed by atoms with E-state index < -0.39 is 5.54 Å². The largest absolute Gasteiger partial charge is 0.332 e. The highest BCUT2D eigenvalue weighted by Crippen LogP contribution is 2.37. The van der Waals surface area contributed by atoms with E-state index in [0.717, 1.165) is 51.7 Å². The van der Waals surface area contributed by atoms with Gasteiger partial charge < -0.3 is 15.1 Å². The van der Waals surface area contributed by atoms with E-state index >= 15 is 0 Å². The molecule has 5 nitrogen and oxygen atoms in total. The van der Waals surface area contributed by atoms with E-state index in [0.29, 0.717) is 5.92 Å². The van der Waals surface area contributed by atoms with Gasteiger partial charge in [-0.25, -0.2) is 0 Å². The van der Waals surface area contributed by atoms with Gasteiger partial charge in [0.15, 0.2) is 0 Å². The van der Waals surface area contributed by atoms with Gasteiger partial charge in [-0.2, -0.15) is 0 Å². The Morgan fingerprint density at radius 3 is 2.38 bits per heavy atom. The predicted octanol–water partition coefficient (Wildman–Crippen LogP) is 2.97. The van der Waals surface area contributed by atoms with Crippen LogP contribution in [0.4, 0.5) is 0 Å². The molecule has 2 heterocycles. The lowest BCUT2D eigenvalue weighted by Crippen LogP contribution is -2.73. The number of carbonyl (C=O) groups excluding carboxylic acids is 2. The molecule has 0 aromatic rings. The second kappa shape index (κ2) is 9.41. The first-order valence-electron chi connectivity index (χ1n) is 10.4. The number of unbranched alkanes of at least 4 members (excludes halogenated alkanes) is 1. The van der Waals surface area contributed by atoms with Gasteiger partial charge in [-0.1, -0.05) is 45.4 Å². The number of nitrogens with one attached hydrogen (secondary N) is 1. The number of hydrogen-bond donors (Lipinski definition) is 1. The molecule has 1 atom stereocenters. The lowest BCUT2D eigenvalue weighted by Gasteiger charge is -2.53. The van der Waals surface area contributed by atoms with Gasteiger partial charge >= 0.3 is 0 Å². The summed E-state index contributed by atoms with van der Waals surface area (Å²) in [6, 6.07) is -0.243. The third-order valence-corrected chi connectivity index (χ3v) is 6.70. The van der Waals surface area contributed by atoms with E-state index in [9.17, 15) is 9.59 Å². The molecule has 6 heteroatoms. The van der Waals surface area contributed by atoms with E-state index in [1.165, 1.54) is 32.1 Å². The molecule has 2 amide bonds. The minimum atomic E-state index is -0.588. The summed E-state index contributed by atoms with van der Waals surface area (Å²) in [4.78, 5) is 30.6. The first-order valence-corrected chi connectivity index (χ1v) is 10.4. The lowest BCUT2D eigenvalue weighted by atomic mass is 9.78. The minimum absolute atomic E-state index is 0. The van der Waals surface area contributed by atoms with Gasteiger partial charge in [0.1, 0.15) is 11.6 Å². The molecule has 1 saturated carbocycles. The summed E-state index contributed by atoms with van der Waals surface area (Å²) in [6.45, 7) is 4.53. The summed E-state index contributed by atoms with van der Waals surface area (Å²) >= 11 is 0. The van der Waals surface area contributed by atoms with Gasteiger partial charge in [-0.3, -0.25) is 9.59 Å². The van der Waals surface area contributed by atoms with Gasteiger partial charge in [0.2, 0.25) is 11.8 Å². The monoisotopic (exact) mass is 385 g/mol. The van der Waals surface area contributed by atoms with E-state index in [1.54, 1.807) is 0 Å². The minimum Gasteiger partial charge on any atom is -0.332 e. The first-order chi connectivity index (χ1) is 12.1. The molecule has 0 aromatic heterocycles. The molecule has 3 aliphatic rings. The third kappa shape index (κ3) is 4.04. The summed E-state index contributed by atoms with van der Waals surface area (Å²) in [5.41, 5.74) is -0.588. The van der Waals surface area contributed by atoms with Crippen LogP contribution in [-0.2, 0) is 9.59 Å². The van der Waals surface area contributed by atoms with Gasteiger partial charge in [0.05, 0.1) is 0 Å². The smallest absolute Gasteiger partial charge is 0.249 e. The van der Waals surface area contributed by atoms with E-state index in [2.05, 4.69) is 12.2 Å². The number of amides is 2. The SMILES string of the molecule is CCCCN1C(=O)[C@H](CC2CCCCC2)N(C)C(=O)C12CCNCC2.Cl. The van der Waals surface area contributed by atoms with Gasteiger partial charge in [0.25, 0.3) is 0 Å². The first kappa shape index (κ1) is 21.5. The van der Waals surface area contributed by atoms with Crippen LogP contribution in [0.1, 0.15) is 71.1 Å². The van der Waals surface area contributed by atoms with Crippen LogP contribution in [0.2, 0.25) is 0 Å². The number of likely N-dealkylation sites (N-methyl/N-ethyl adjacent to an activating group) is 1. The maximum Gasteiger partial charge on any atom is 0.249 e. The Balaban J connectivity index is 0.00000243. The van der Waals surface area contributed by atoms with Crippen LogP contribution >= 0.6 is 12.4 Å². The third-order valence-electron chi connectivity index (χ3n) is 6.70. The summed E-state index contributed by atoms with van der Waals surface area (Å²) < 4.78 is 0. The van der Waals surface area contributed by atoms with Crippen LogP contribution in [0.3, 0.4) is 0 Å². The number of nitrogens with zero attached hydrogens (tertiary/aromatic N) is 2. The number of carbonyl (C=O) groups is 2. The second-order valence-corrected chi connectivity index (χ2v) is 8.30. The Kier molecular flexibility index (Phi) is 7.77. The van der Waals surface area contributed by atoms with Crippen molar-refractivity contribution in [3.05, 3.63) is 0 Å². The number of halogens is 1. The van der Waals surface area contributed by atoms with Crippen LogP contribution in [-0.4, -0.2) is 59.9 Å². The van der Waals surface area contributed by atoms with Crippen molar-refractivity contribution in [2.24, 2.45) is 5.92 Å². The Morgan fingerprint density at radius 2 is 1.77 bits per heavy atom. The molecule has 0 unspecified atom stereocenters. The molecule has 3 fully saturated rings. The number of piperidine rings is 1. The molecule has 2 aliphatic heterocycles. The van der Waals surface area contributed by atoms with Gasteiger partial charge in [-0.15, -0.1) is 12.4 Å². The van der Waals surface area contributed by atoms with Crippen LogP contribution in [0.25, 0.3) is 0 Å². The zero-order valence-electron chi connectivity index (χ0n) is 16.5. The quantitative estimate of drug-likeness (QED) is 0.791. The van der Waals surface area contributed by atoms with Gasteiger partial charge in [0, 0.05) is 13.6 Å². The van der Waals surface area contributed by atoms with Crippen molar-refractivity contribution in [1.29, 1.82) is 0 Å². The topological polar surface area (TPSA) is 52.7 Å². The van der Waals surface area contributed by atoms with Crippen LogP contribution in [0, 0.1) is 5.92 Å². The summed E-state index contributed by atoms with van der Waals surface area (Å²) in [5, 5.41) is 3.35. The van der Waals surface area contributed by atoms with Crippen LogP contribution in [0.5, 0.6) is 0 Å². The highest BCUT2D eigenvalue weighted by atomic mass is 35.5. The average molecular weight is 386 g/mol. The Morgan fingerprint density at radius 1 is 1.12 bits per heavy atom. The van der Waals surface area contributed by atoms with Crippen LogP contribution in [0.15, 0.2) is 0 Å². The molecule has 0 aromatic carbocycles. The maximum absolute atomic E-state index is 13.4. The Hall–Kier alpha value is -0.810. The second-order valence-electron chi connectivity index (χ2n) is 8.30. The van der Waals surface area contributed by atoms with Crippen molar-refractivity contribution in [3.8, 4) is 0 Å². The molecule has 1 aliphatic carbocycles. The summed E-state index contributed by atoms with van der Waals surface area (Å²) in [5.74, 6) is 1.00. The Labute approximate surface area is 164 Å². The van der Waals surface area contributed by atoms with E-state index in [1.807, 2.05) is 16.8 Å². The standard InChI is InChI=1S/C20H35N3O2.ClH/c1-3-4-14-23-18(24)17(15-16-8-6-5-7-9-16)22(2)19(25)20(23)10-12-21-13-11-20;/h16-17,21H,3-15H2,1-2H3;1H/t17-;/m0./s1. The zero-order valence-corrected chi connectivity index (χ0v) is 17.3. The fraction of sp³-hybridized carbons (Fsp3) is 0.900. The number of hydrogen-bond acceptors (Lipinski definition) is 3. The van der Waals surface area contributed by atoms with Crippen LogP contribution < -0.4 is 5.32 Å². The fourth-order valence-corrected chi connectivity index (χ4v) is 5.10. The summed E-state index contributed by atoms with van der Waals surface area (Å²) in [7, 11) is 1.87. The summed E-state index contributed by atoms with van der Waals surface area (Å²) in [6.07, 6.45) is 10.7. The normalized spacial score (nSPS) is 26.9. The number of rotatable bonds is 5. The molecule has 3 rings (SSSR count). The molecule has 150 valence electrons. The molecule has 1 N–H and O–H groups in total. The van der Waals surface area contributed by atoms with E-state index in [4.69, 9.17) is 0 Å².